The average Bonchev–Trinajstić information content (AvgIpc) is 2.27. The van der Waals surface area contributed by atoms with Gasteiger partial charge in [-0.3, -0.25) is 4.79 Å². The largest absolute Gasteiger partial charge is 0.298 e. The van der Waals surface area contributed by atoms with E-state index in [1.807, 2.05) is 18.2 Å². The van der Waals surface area contributed by atoms with E-state index in [-0.39, 0.29) is 0 Å². The lowest BCUT2D eigenvalue weighted by atomic mass is 10.0. The van der Waals surface area contributed by atoms with E-state index in [4.69, 9.17) is 0 Å². The van der Waals surface area contributed by atoms with Crippen LogP contribution in [-0.4, -0.2) is 6.29 Å². The van der Waals surface area contributed by atoms with Gasteiger partial charge in [-0.25, -0.2) is 0 Å². The zero-order chi connectivity index (χ0) is 9.97. The van der Waals surface area contributed by atoms with Crippen LogP contribution in [0.5, 0.6) is 0 Å². The SMILES string of the molecule is CCc1ccc2ccc(C=O)cc2c1. The van der Waals surface area contributed by atoms with Crippen LogP contribution in [0.25, 0.3) is 10.8 Å². The lowest BCUT2D eigenvalue weighted by Gasteiger charge is -2.01. The van der Waals surface area contributed by atoms with Crippen LogP contribution in [0.2, 0.25) is 0 Å². The van der Waals surface area contributed by atoms with Crippen molar-refractivity contribution < 1.29 is 4.79 Å². The molecule has 0 atom stereocenters. The second kappa shape index (κ2) is 3.62. The molecular formula is C13H12O. The lowest BCUT2D eigenvalue weighted by molar-refractivity contribution is 0.112. The topological polar surface area (TPSA) is 17.1 Å². The van der Waals surface area contributed by atoms with Crippen LogP contribution >= 0.6 is 0 Å². The maximum atomic E-state index is 10.6. The maximum Gasteiger partial charge on any atom is 0.150 e. The molecule has 0 spiro atoms. The Morgan fingerprint density at radius 3 is 2.57 bits per heavy atom. The molecule has 0 aliphatic carbocycles. The third kappa shape index (κ3) is 1.53. The molecule has 14 heavy (non-hydrogen) atoms. The molecule has 0 aliphatic heterocycles. The van der Waals surface area contributed by atoms with Gasteiger partial charge in [0.1, 0.15) is 6.29 Å². The summed E-state index contributed by atoms with van der Waals surface area (Å²) in [6.07, 6.45) is 1.92. The van der Waals surface area contributed by atoms with Gasteiger partial charge in [0.05, 0.1) is 0 Å². The first-order valence-electron chi connectivity index (χ1n) is 4.81. The smallest absolute Gasteiger partial charge is 0.150 e. The monoisotopic (exact) mass is 184 g/mol. The Kier molecular flexibility index (Phi) is 2.32. The molecule has 0 amide bonds. The first-order valence-corrected chi connectivity index (χ1v) is 4.81. The molecule has 0 fully saturated rings. The Labute approximate surface area is 83.4 Å². The van der Waals surface area contributed by atoms with E-state index < -0.39 is 0 Å². The van der Waals surface area contributed by atoms with Crippen molar-refractivity contribution >= 4 is 17.1 Å². The Hall–Kier alpha value is -1.63. The van der Waals surface area contributed by atoms with Crippen molar-refractivity contribution in [1.29, 1.82) is 0 Å². The normalized spacial score (nSPS) is 10.4. The van der Waals surface area contributed by atoms with Crippen LogP contribution in [0.3, 0.4) is 0 Å². The van der Waals surface area contributed by atoms with E-state index in [9.17, 15) is 4.79 Å². The highest BCUT2D eigenvalue weighted by molar-refractivity contribution is 5.89. The summed E-state index contributed by atoms with van der Waals surface area (Å²) < 4.78 is 0. The molecule has 0 unspecified atom stereocenters. The van der Waals surface area contributed by atoms with Gasteiger partial charge in [0.15, 0.2) is 0 Å². The zero-order valence-corrected chi connectivity index (χ0v) is 8.16. The Morgan fingerprint density at radius 2 is 1.86 bits per heavy atom. The van der Waals surface area contributed by atoms with Crippen LogP contribution in [0, 0.1) is 0 Å². The summed E-state index contributed by atoms with van der Waals surface area (Å²) in [6, 6.07) is 12.1. The summed E-state index contributed by atoms with van der Waals surface area (Å²) in [7, 11) is 0. The number of hydrogen-bond donors (Lipinski definition) is 0. The van der Waals surface area contributed by atoms with Crippen molar-refractivity contribution in [3.63, 3.8) is 0 Å². The van der Waals surface area contributed by atoms with Gasteiger partial charge in [0.25, 0.3) is 0 Å². The second-order valence-electron chi connectivity index (χ2n) is 3.41. The first-order chi connectivity index (χ1) is 6.83. The Bertz CT molecular complexity index is 472. The van der Waals surface area contributed by atoms with Crippen molar-refractivity contribution in [3.05, 3.63) is 47.5 Å². The maximum absolute atomic E-state index is 10.6. The summed E-state index contributed by atoms with van der Waals surface area (Å²) in [4.78, 5) is 10.6. The van der Waals surface area contributed by atoms with Crippen molar-refractivity contribution in [2.75, 3.05) is 0 Å². The van der Waals surface area contributed by atoms with E-state index in [0.717, 1.165) is 23.7 Å². The number of fused-ring (bicyclic) bond motifs is 1. The predicted octanol–water partition coefficient (Wildman–Crippen LogP) is 3.21. The van der Waals surface area contributed by atoms with Crippen LogP contribution in [0.15, 0.2) is 36.4 Å². The molecule has 0 saturated heterocycles. The minimum absolute atomic E-state index is 0.741. The first kappa shape index (κ1) is 8.95. The van der Waals surface area contributed by atoms with Crippen LogP contribution in [0.4, 0.5) is 0 Å². The van der Waals surface area contributed by atoms with E-state index in [2.05, 4.69) is 25.1 Å². The van der Waals surface area contributed by atoms with Crippen molar-refractivity contribution in [2.24, 2.45) is 0 Å². The predicted molar refractivity (Wildman–Crippen MR) is 58.7 cm³/mol. The summed E-state index contributed by atoms with van der Waals surface area (Å²) in [5.74, 6) is 0. The molecule has 0 saturated carbocycles. The van der Waals surface area contributed by atoms with Crippen LogP contribution < -0.4 is 0 Å². The molecule has 1 nitrogen and oxygen atoms in total. The van der Waals surface area contributed by atoms with Gasteiger partial charge in [0, 0.05) is 5.56 Å². The number of aryl methyl sites for hydroxylation is 1. The minimum Gasteiger partial charge on any atom is -0.298 e. The van der Waals surface area contributed by atoms with Gasteiger partial charge in [-0.1, -0.05) is 37.3 Å². The van der Waals surface area contributed by atoms with Crippen molar-refractivity contribution in [3.8, 4) is 0 Å². The highest BCUT2D eigenvalue weighted by Crippen LogP contribution is 2.17. The lowest BCUT2D eigenvalue weighted by Crippen LogP contribution is -1.83. The molecule has 1 heteroatoms. The number of rotatable bonds is 2. The fourth-order valence-electron chi connectivity index (χ4n) is 1.61. The van der Waals surface area contributed by atoms with Gasteiger partial charge in [-0.2, -0.15) is 0 Å². The molecule has 0 aromatic heterocycles. The van der Waals surface area contributed by atoms with E-state index >= 15 is 0 Å². The fraction of sp³-hybridized carbons (Fsp3) is 0.154. The molecule has 2 rings (SSSR count). The van der Waals surface area contributed by atoms with Crippen molar-refractivity contribution in [1.82, 2.24) is 0 Å². The standard InChI is InChI=1S/C13H12O/c1-2-10-3-5-12-6-4-11(9-14)8-13(12)7-10/h3-9H,2H2,1H3. The van der Waals surface area contributed by atoms with Crippen molar-refractivity contribution in [2.45, 2.75) is 13.3 Å². The van der Waals surface area contributed by atoms with Crippen LogP contribution in [-0.2, 0) is 6.42 Å². The van der Waals surface area contributed by atoms with Gasteiger partial charge < -0.3 is 0 Å². The number of carbonyl (C=O) groups is 1. The molecule has 0 N–H and O–H groups in total. The summed E-state index contributed by atoms with van der Waals surface area (Å²) in [5.41, 5.74) is 2.05. The van der Waals surface area contributed by atoms with E-state index in [1.54, 1.807) is 0 Å². The number of hydrogen-bond acceptors (Lipinski definition) is 1. The Morgan fingerprint density at radius 1 is 1.07 bits per heavy atom. The number of aldehydes is 1. The molecule has 0 aliphatic rings. The third-order valence-corrected chi connectivity index (χ3v) is 2.47. The van der Waals surface area contributed by atoms with Gasteiger partial charge in [0.2, 0.25) is 0 Å². The van der Waals surface area contributed by atoms with Gasteiger partial charge >= 0.3 is 0 Å². The minimum atomic E-state index is 0.741. The quantitative estimate of drug-likeness (QED) is 0.655. The van der Waals surface area contributed by atoms with Gasteiger partial charge in [-0.15, -0.1) is 0 Å². The summed E-state index contributed by atoms with van der Waals surface area (Å²) in [6.45, 7) is 2.13. The highest BCUT2D eigenvalue weighted by Gasteiger charge is 1.96. The third-order valence-electron chi connectivity index (χ3n) is 2.47. The average molecular weight is 184 g/mol. The molecule has 2 aromatic carbocycles. The number of benzene rings is 2. The molecular weight excluding hydrogens is 172 g/mol. The molecule has 70 valence electrons. The number of carbonyl (C=O) groups excluding carboxylic acids is 1. The molecule has 0 radical (unpaired) electrons. The molecule has 0 bridgehead atoms. The highest BCUT2D eigenvalue weighted by atomic mass is 16.1. The summed E-state index contributed by atoms with van der Waals surface area (Å²) in [5, 5.41) is 2.33. The van der Waals surface area contributed by atoms with E-state index in [0.29, 0.717) is 0 Å². The van der Waals surface area contributed by atoms with Crippen LogP contribution in [0.1, 0.15) is 22.8 Å². The zero-order valence-electron chi connectivity index (χ0n) is 8.16. The molecule has 2 aromatic rings. The van der Waals surface area contributed by atoms with E-state index in [1.165, 1.54) is 10.9 Å². The summed E-state index contributed by atoms with van der Waals surface area (Å²) >= 11 is 0. The fourth-order valence-corrected chi connectivity index (χ4v) is 1.61. The van der Waals surface area contributed by atoms with Gasteiger partial charge in [-0.05, 0) is 28.8 Å². The molecule has 0 heterocycles. The second-order valence-corrected chi connectivity index (χ2v) is 3.41. The Balaban J connectivity index is 2.65.